The van der Waals surface area contributed by atoms with Gasteiger partial charge in [0, 0.05) is 13.0 Å². The Hall–Kier alpha value is -1.63. The van der Waals surface area contributed by atoms with Gasteiger partial charge in [-0.2, -0.15) is 0 Å². The number of carboxylic acid groups (broad SMARTS) is 2. The van der Waals surface area contributed by atoms with E-state index in [2.05, 4.69) is 11.9 Å². The number of aliphatic imine (C=N–C) groups is 1. The van der Waals surface area contributed by atoms with Crippen LogP contribution in [0.5, 0.6) is 0 Å². The first kappa shape index (κ1) is 29.4. The SMILES string of the molecule is CCCCCCCCCCCCCCC1=NCCN1CC(=O)O.C[N+](C)(C)CC(=O)[O-]. The topological polar surface area (TPSA) is 93.0 Å². The number of hydrogen-bond donors (Lipinski definition) is 1. The molecule has 0 aliphatic carbocycles. The fraction of sp³-hybridized carbons (Fsp3) is 0.875. The number of rotatable bonds is 17. The first-order valence-corrected chi connectivity index (χ1v) is 12.2. The summed E-state index contributed by atoms with van der Waals surface area (Å²) in [5, 5.41) is 18.8. The van der Waals surface area contributed by atoms with Crippen molar-refractivity contribution in [3.63, 3.8) is 0 Å². The van der Waals surface area contributed by atoms with Gasteiger partial charge in [-0.1, -0.05) is 77.6 Å². The number of likely N-dealkylation sites (N-methyl/N-ethyl adjacent to an activating group) is 1. The molecule has 0 saturated heterocycles. The highest BCUT2D eigenvalue weighted by atomic mass is 16.4. The summed E-state index contributed by atoms with van der Waals surface area (Å²) in [4.78, 5) is 27.0. The molecule has 0 fully saturated rings. The Labute approximate surface area is 190 Å². The molecule has 1 aliphatic heterocycles. The number of carbonyl (C=O) groups excluding carboxylic acids is 1. The minimum Gasteiger partial charge on any atom is -0.544 e. The summed E-state index contributed by atoms with van der Waals surface area (Å²) in [6, 6.07) is 0. The molecule has 0 unspecified atom stereocenters. The van der Waals surface area contributed by atoms with Gasteiger partial charge in [-0.3, -0.25) is 9.79 Å². The van der Waals surface area contributed by atoms with Gasteiger partial charge in [-0.25, -0.2) is 0 Å². The molecule has 1 heterocycles. The van der Waals surface area contributed by atoms with Crippen molar-refractivity contribution in [2.24, 2.45) is 4.99 Å². The van der Waals surface area contributed by atoms with Crippen LogP contribution in [0, 0.1) is 0 Å². The van der Waals surface area contributed by atoms with Crippen LogP contribution >= 0.6 is 0 Å². The Bertz CT molecular complexity index is 515. The van der Waals surface area contributed by atoms with Crippen LogP contribution in [0.2, 0.25) is 0 Å². The van der Waals surface area contributed by atoms with Gasteiger partial charge in [0.2, 0.25) is 0 Å². The molecule has 7 nitrogen and oxygen atoms in total. The van der Waals surface area contributed by atoms with Crippen LogP contribution in [-0.4, -0.2) is 79.6 Å². The smallest absolute Gasteiger partial charge is 0.323 e. The molecule has 0 aromatic rings. The largest absolute Gasteiger partial charge is 0.544 e. The van der Waals surface area contributed by atoms with Crippen molar-refractivity contribution >= 4 is 17.8 Å². The van der Waals surface area contributed by atoms with Crippen LogP contribution in [0.4, 0.5) is 0 Å². The summed E-state index contributed by atoms with van der Waals surface area (Å²) >= 11 is 0. The second kappa shape index (κ2) is 18.0. The number of quaternary nitrogens is 1. The maximum atomic E-state index is 10.8. The third kappa shape index (κ3) is 20.0. The van der Waals surface area contributed by atoms with Crippen molar-refractivity contribution < 1.29 is 24.3 Å². The minimum absolute atomic E-state index is 0.0694. The predicted molar refractivity (Wildman–Crippen MR) is 125 cm³/mol. The first-order valence-electron chi connectivity index (χ1n) is 12.2. The summed E-state index contributed by atoms with van der Waals surface area (Å²) in [7, 11) is 5.40. The number of carboxylic acids is 2. The Balaban J connectivity index is 0.000000954. The van der Waals surface area contributed by atoms with Crippen molar-refractivity contribution in [3.05, 3.63) is 0 Å². The third-order valence-electron chi connectivity index (χ3n) is 5.21. The lowest BCUT2D eigenvalue weighted by molar-refractivity contribution is -0.864. The Morgan fingerprint density at radius 2 is 1.42 bits per heavy atom. The van der Waals surface area contributed by atoms with Gasteiger partial charge < -0.3 is 24.4 Å². The Kier molecular flexibility index (Phi) is 17.0. The Morgan fingerprint density at radius 3 is 1.81 bits per heavy atom. The molecule has 1 N–H and O–H groups in total. The maximum Gasteiger partial charge on any atom is 0.323 e. The normalized spacial score (nSPS) is 13.5. The maximum absolute atomic E-state index is 10.8. The van der Waals surface area contributed by atoms with E-state index in [1.165, 1.54) is 70.6 Å². The second-order valence-electron chi connectivity index (χ2n) is 9.57. The predicted octanol–water partition coefficient (Wildman–Crippen LogP) is 3.32. The number of aliphatic carboxylic acids is 2. The standard InChI is InChI=1S/C19H36N2O2.C5H11NO2/c1-2-3-4-5-6-7-8-9-10-11-12-13-14-18-20-15-16-21(18)17-19(22)23;1-6(2,3)4-5(7)8/h2-17H2,1H3,(H,22,23);4H2,1-3H3. The summed E-state index contributed by atoms with van der Waals surface area (Å²) in [5.41, 5.74) is 0. The van der Waals surface area contributed by atoms with Crippen molar-refractivity contribution in [1.82, 2.24) is 4.90 Å². The van der Waals surface area contributed by atoms with Crippen LogP contribution in [-0.2, 0) is 9.59 Å². The third-order valence-corrected chi connectivity index (χ3v) is 5.21. The fourth-order valence-corrected chi connectivity index (χ4v) is 3.61. The lowest BCUT2D eigenvalue weighted by Gasteiger charge is -2.23. The molecule has 31 heavy (non-hydrogen) atoms. The van der Waals surface area contributed by atoms with E-state index in [0.717, 1.165) is 31.8 Å². The first-order chi connectivity index (χ1) is 14.7. The molecule has 182 valence electrons. The molecule has 0 radical (unpaired) electrons. The zero-order valence-corrected chi connectivity index (χ0v) is 20.5. The molecule has 0 saturated carbocycles. The van der Waals surface area contributed by atoms with E-state index in [9.17, 15) is 14.7 Å². The van der Waals surface area contributed by atoms with E-state index >= 15 is 0 Å². The van der Waals surface area contributed by atoms with Crippen molar-refractivity contribution in [2.45, 2.75) is 90.4 Å². The van der Waals surface area contributed by atoms with Gasteiger partial charge in [-0.05, 0) is 6.42 Å². The summed E-state index contributed by atoms with van der Waals surface area (Å²) in [6.07, 6.45) is 17.2. The highest BCUT2D eigenvalue weighted by Gasteiger charge is 2.18. The van der Waals surface area contributed by atoms with E-state index in [4.69, 9.17) is 5.11 Å². The molecular formula is C24H47N3O4. The zero-order valence-electron chi connectivity index (χ0n) is 20.5. The minimum atomic E-state index is -1.00. The molecule has 0 bridgehead atoms. The van der Waals surface area contributed by atoms with E-state index in [1.807, 2.05) is 4.90 Å². The molecule has 0 aromatic heterocycles. The monoisotopic (exact) mass is 441 g/mol. The molecule has 1 rings (SSSR count). The average molecular weight is 442 g/mol. The molecule has 7 heteroatoms. The fourth-order valence-electron chi connectivity index (χ4n) is 3.61. The van der Waals surface area contributed by atoms with Crippen molar-refractivity contribution in [3.8, 4) is 0 Å². The van der Waals surface area contributed by atoms with Crippen LogP contribution in [0.3, 0.4) is 0 Å². The van der Waals surface area contributed by atoms with Crippen LogP contribution in [0.1, 0.15) is 90.4 Å². The summed E-state index contributed by atoms with van der Waals surface area (Å²) in [6.45, 7) is 3.99. The Morgan fingerprint density at radius 1 is 0.935 bits per heavy atom. The highest BCUT2D eigenvalue weighted by molar-refractivity contribution is 5.86. The van der Waals surface area contributed by atoms with Gasteiger partial charge in [0.25, 0.3) is 0 Å². The van der Waals surface area contributed by atoms with Crippen molar-refractivity contribution in [1.29, 1.82) is 0 Å². The van der Waals surface area contributed by atoms with Gasteiger partial charge in [0.15, 0.2) is 0 Å². The lowest BCUT2D eigenvalue weighted by Crippen LogP contribution is -2.45. The van der Waals surface area contributed by atoms with Crippen molar-refractivity contribution in [2.75, 3.05) is 47.3 Å². The molecule has 0 aromatic carbocycles. The van der Waals surface area contributed by atoms with E-state index in [-0.39, 0.29) is 13.1 Å². The molecular weight excluding hydrogens is 394 g/mol. The number of hydrogen-bond acceptors (Lipinski definition) is 5. The van der Waals surface area contributed by atoms with Gasteiger partial charge in [-0.15, -0.1) is 0 Å². The van der Waals surface area contributed by atoms with Gasteiger partial charge >= 0.3 is 5.97 Å². The summed E-state index contributed by atoms with van der Waals surface area (Å²) < 4.78 is 0.419. The summed E-state index contributed by atoms with van der Waals surface area (Å²) in [5.74, 6) is -0.744. The number of nitrogens with zero attached hydrogens (tertiary/aromatic N) is 3. The van der Waals surface area contributed by atoms with Crippen LogP contribution < -0.4 is 5.11 Å². The van der Waals surface area contributed by atoms with Crippen LogP contribution in [0.25, 0.3) is 0 Å². The number of unbranched alkanes of at least 4 members (excludes halogenated alkanes) is 11. The lowest BCUT2D eigenvalue weighted by atomic mass is 10.0. The second-order valence-corrected chi connectivity index (χ2v) is 9.57. The van der Waals surface area contributed by atoms with E-state index in [0.29, 0.717) is 4.48 Å². The van der Waals surface area contributed by atoms with E-state index in [1.54, 1.807) is 21.1 Å². The zero-order chi connectivity index (χ0) is 23.5. The molecule has 1 aliphatic rings. The van der Waals surface area contributed by atoms with Gasteiger partial charge in [0.1, 0.15) is 13.1 Å². The highest BCUT2D eigenvalue weighted by Crippen LogP contribution is 2.14. The molecule has 0 amide bonds. The van der Waals surface area contributed by atoms with Gasteiger partial charge in [0.05, 0.1) is 39.5 Å². The van der Waals surface area contributed by atoms with Crippen LogP contribution in [0.15, 0.2) is 4.99 Å². The average Bonchev–Trinajstić information content (AvgIpc) is 3.07. The molecule has 0 spiro atoms. The number of carbonyl (C=O) groups is 2. The van der Waals surface area contributed by atoms with E-state index < -0.39 is 11.9 Å². The number of amidine groups is 1. The molecule has 0 atom stereocenters. The quantitative estimate of drug-likeness (QED) is 0.276.